The zero-order valence-corrected chi connectivity index (χ0v) is 26.7. The second kappa shape index (κ2) is 13.6. The molecule has 0 saturated carbocycles. The van der Waals surface area contributed by atoms with Crippen LogP contribution in [0.1, 0.15) is 28.5 Å². The van der Waals surface area contributed by atoms with E-state index in [2.05, 4.69) is 27.1 Å². The molecular formula is C33H37F4N5O6. The van der Waals surface area contributed by atoms with Crippen LogP contribution in [0.3, 0.4) is 0 Å². The molecule has 3 aromatic rings. The number of piperazine rings is 1. The van der Waals surface area contributed by atoms with Crippen molar-refractivity contribution in [2.75, 3.05) is 66.6 Å². The molecule has 4 N–H and O–H groups in total. The number of amides is 2. The van der Waals surface area contributed by atoms with E-state index in [0.29, 0.717) is 18.9 Å². The molecule has 0 radical (unpaired) electrons. The molecule has 11 nitrogen and oxygen atoms in total. The summed E-state index contributed by atoms with van der Waals surface area (Å²) < 4.78 is 74.8. The predicted molar refractivity (Wildman–Crippen MR) is 166 cm³/mol. The highest BCUT2D eigenvalue weighted by Crippen LogP contribution is 2.47. The second-order valence-electron chi connectivity index (χ2n) is 12.1. The van der Waals surface area contributed by atoms with Gasteiger partial charge in [0.15, 0.2) is 11.5 Å². The number of alkyl halides is 3. The van der Waals surface area contributed by atoms with Crippen molar-refractivity contribution in [1.82, 2.24) is 20.1 Å². The lowest BCUT2D eigenvalue weighted by Crippen LogP contribution is -2.51. The Labute approximate surface area is 274 Å². The lowest BCUT2D eigenvalue weighted by molar-refractivity contribution is -0.265. The predicted octanol–water partition coefficient (Wildman–Crippen LogP) is 2.84. The van der Waals surface area contributed by atoms with Crippen LogP contribution in [-0.4, -0.2) is 105 Å². The maximum absolute atomic E-state index is 14.7. The summed E-state index contributed by atoms with van der Waals surface area (Å²) in [7, 11) is 3.43. The monoisotopic (exact) mass is 675 g/mol. The van der Waals surface area contributed by atoms with Crippen LogP contribution in [-0.2, 0) is 15.8 Å². The molecule has 1 fully saturated rings. The van der Waals surface area contributed by atoms with Crippen LogP contribution >= 0.6 is 0 Å². The number of likely N-dealkylation sites (N-methyl/N-ethyl adjacent to an activating group) is 1. The summed E-state index contributed by atoms with van der Waals surface area (Å²) in [5, 5.41) is 13.4. The number of aromatic nitrogens is 1. The van der Waals surface area contributed by atoms with Crippen molar-refractivity contribution in [3.63, 3.8) is 0 Å². The van der Waals surface area contributed by atoms with Gasteiger partial charge >= 0.3 is 6.18 Å². The first-order valence-electron chi connectivity index (χ1n) is 15.2. The fourth-order valence-corrected chi connectivity index (χ4v) is 5.53. The molecule has 2 amide bonds. The minimum Gasteiger partial charge on any atom is -0.493 e. The minimum absolute atomic E-state index is 0.0295. The van der Waals surface area contributed by atoms with Crippen LogP contribution in [0, 0.1) is 5.82 Å². The molecule has 2 atom stereocenters. The molecule has 5 rings (SSSR count). The molecule has 2 aromatic carbocycles. The first-order valence-corrected chi connectivity index (χ1v) is 15.2. The van der Waals surface area contributed by atoms with Gasteiger partial charge in [0.05, 0.1) is 19.3 Å². The summed E-state index contributed by atoms with van der Waals surface area (Å²) in [4.78, 5) is 34.2. The van der Waals surface area contributed by atoms with Crippen molar-refractivity contribution in [2.24, 2.45) is 5.73 Å². The number of primary amides is 1. The number of hydrogen-bond donors (Lipinski definition) is 3. The number of benzene rings is 2. The Morgan fingerprint density at radius 1 is 1.08 bits per heavy atom. The minimum atomic E-state index is -5.36. The molecule has 2 aliphatic heterocycles. The third-order valence-corrected chi connectivity index (χ3v) is 8.82. The second-order valence-corrected chi connectivity index (χ2v) is 12.1. The normalized spacial score (nSPS) is 19.6. The molecule has 1 aromatic heterocycles. The fourth-order valence-electron chi connectivity index (χ4n) is 5.53. The molecule has 0 spiro atoms. The molecule has 48 heavy (non-hydrogen) atoms. The summed E-state index contributed by atoms with van der Waals surface area (Å²) >= 11 is 0. The number of rotatable bonds is 11. The van der Waals surface area contributed by atoms with Gasteiger partial charge in [0.1, 0.15) is 35.9 Å². The maximum Gasteiger partial charge on any atom is 0.424 e. The Kier molecular flexibility index (Phi) is 9.85. The van der Waals surface area contributed by atoms with Crippen molar-refractivity contribution in [3.05, 3.63) is 71.2 Å². The summed E-state index contributed by atoms with van der Waals surface area (Å²) in [6, 6.07) is 9.76. The first-order chi connectivity index (χ1) is 22.7. The Balaban J connectivity index is 1.39. The molecule has 0 bridgehead atoms. The SMILES string of the molecule is COc1cc(C(=O)NC[C@](O)(c2cc3c(c(-c4ccc(F)cc4)n2)OC[C@]3(C)C(N)=O)C(F)(F)F)ccc1OCCN1CCN(C)CC1. The number of fused-ring (bicyclic) bond motifs is 1. The molecular weight excluding hydrogens is 638 g/mol. The van der Waals surface area contributed by atoms with Crippen LogP contribution in [0.2, 0.25) is 0 Å². The Bertz CT molecular complexity index is 1670. The molecule has 1 saturated heterocycles. The molecule has 15 heteroatoms. The molecule has 3 heterocycles. The van der Waals surface area contributed by atoms with E-state index in [9.17, 15) is 32.3 Å². The smallest absolute Gasteiger partial charge is 0.424 e. The first kappa shape index (κ1) is 34.9. The van der Waals surface area contributed by atoms with Gasteiger partial charge in [-0.05, 0) is 62.5 Å². The number of nitrogens with one attached hydrogen (secondary N) is 1. The topological polar surface area (TPSA) is 139 Å². The average molecular weight is 676 g/mol. The van der Waals surface area contributed by atoms with Crippen molar-refractivity contribution >= 4 is 11.8 Å². The largest absolute Gasteiger partial charge is 0.493 e. The van der Waals surface area contributed by atoms with Crippen LogP contribution in [0.25, 0.3) is 11.3 Å². The Hall–Kier alpha value is -4.47. The zero-order chi connectivity index (χ0) is 34.9. The van der Waals surface area contributed by atoms with E-state index >= 15 is 0 Å². The molecule has 2 aliphatic rings. The van der Waals surface area contributed by atoms with Crippen LogP contribution in [0.15, 0.2) is 48.5 Å². The Morgan fingerprint density at radius 3 is 2.40 bits per heavy atom. The van der Waals surface area contributed by atoms with E-state index in [0.717, 1.165) is 44.4 Å². The van der Waals surface area contributed by atoms with E-state index in [1.807, 2.05) is 0 Å². The Morgan fingerprint density at radius 2 is 1.77 bits per heavy atom. The third-order valence-electron chi connectivity index (χ3n) is 8.82. The highest BCUT2D eigenvalue weighted by Gasteiger charge is 2.57. The zero-order valence-electron chi connectivity index (χ0n) is 26.7. The van der Waals surface area contributed by atoms with Gasteiger partial charge < -0.3 is 35.3 Å². The van der Waals surface area contributed by atoms with Crippen LogP contribution < -0.4 is 25.3 Å². The maximum atomic E-state index is 14.7. The third kappa shape index (κ3) is 6.89. The highest BCUT2D eigenvalue weighted by molar-refractivity contribution is 5.95. The van der Waals surface area contributed by atoms with E-state index in [-0.39, 0.29) is 40.5 Å². The molecule has 0 aliphatic carbocycles. The van der Waals surface area contributed by atoms with Crippen molar-refractivity contribution in [2.45, 2.75) is 24.1 Å². The number of pyridine rings is 1. The summed E-state index contributed by atoms with van der Waals surface area (Å²) in [5.41, 5.74) is -0.713. The van der Waals surface area contributed by atoms with Gasteiger partial charge in [-0.3, -0.25) is 14.5 Å². The average Bonchev–Trinajstić information content (AvgIpc) is 3.41. The van der Waals surface area contributed by atoms with Crippen LogP contribution in [0.5, 0.6) is 17.2 Å². The van der Waals surface area contributed by atoms with E-state index in [4.69, 9.17) is 19.9 Å². The lowest BCUT2D eigenvalue weighted by Gasteiger charge is -2.32. The molecule has 258 valence electrons. The number of halogens is 4. The summed E-state index contributed by atoms with van der Waals surface area (Å²) in [6.45, 7) is 4.52. The van der Waals surface area contributed by atoms with Gasteiger partial charge in [0.2, 0.25) is 11.5 Å². The van der Waals surface area contributed by atoms with Gasteiger partial charge in [0, 0.05) is 49.4 Å². The fraction of sp³-hybridized carbons (Fsp3) is 0.424. The number of nitrogens with zero attached hydrogens (tertiary/aromatic N) is 3. The van der Waals surface area contributed by atoms with Crippen molar-refractivity contribution < 1.29 is 46.5 Å². The summed E-state index contributed by atoms with van der Waals surface area (Å²) in [6.07, 6.45) is -5.36. The van der Waals surface area contributed by atoms with Gasteiger partial charge in [-0.2, -0.15) is 13.2 Å². The number of carbonyl (C=O) groups excluding carboxylic acids is 2. The van der Waals surface area contributed by atoms with Crippen molar-refractivity contribution in [3.8, 4) is 28.5 Å². The van der Waals surface area contributed by atoms with Crippen molar-refractivity contribution in [1.29, 1.82) is 0 Å². The number of hydrogen-bond acceptors (Lipinski definition) is 9. The van der Waals surface area contributed by atoms with Gasteiger partial charge in [-0.1, -0.05) is 0 Å². The van der Waals surface area contributed by atoms with Gasteiger partial charge in [0.25, 0.3) is 5.91 Å². The van der Waals surface area contributed by atoms with E-state index < -0.39 is 47.1 Å². The van der Waals surface area contributed by atoms with Gasteiger partial charge in [-0.25, -0.2) is 9.37 Å². The van der Waals surface area contributed by atoms with E-state index in [1.165, 1.54) is 44.4 Å². The van der Waals surface area contributed by atoms with Gasteiger partial charge in [-0.15, -0.1) is 0 Å². The number of methoxy groups -OCH3 is 1. The standard InChI is InChI=1S/C33H37F4N5O6/c1-31(30(38)44)19-48-28-23(31)17-26(40-27(28)20-4-7-22(34)8-5-20)32(45,33(35,36)37)18-39-29(43)21-6-9-24(25(16-21)46-3)47-15-14-42-12-10-41(2)11-13-42/h4-9,16-17,45H,10-15,18-19H2,1-3H3,(H2,38,44)(H,39,43)/t31-,32-/m0/s1. The number of aliphatic hydroxyl groups is 1. The quantitative estimate of drug-likeness (QED) is 0.262. The lowest BCUT2D eigenvalue weighted by atomic mass is 9.81. The summed E-state index contributed by atoms with van der Waals surface area (Å²) in [5.74, 6) is -1.91. The van der Waals surface area contributed by atoms with E-state index in [1.54, 1.807) is 0 Å². The number of nitrogens with two attached hydrogens (primary N) is 1. The molecule has 0 unspecified atom stereocenters. The highest BCUT2D eigenvalue weighted by atomic mass is 19.4. The van der Waals surface area contributed by atoms with Crippen LogP contribution in [0.4, 0.5) is 17.6 Å². The number of ether oxygens (including phenoxy) is 3. The number of carbonyl (C=O) groups is 2.